The second-order valence-electron chi connectivity index (χ2n) is 6.01. The molecule has 140 valence electrons. The molecular formula is C21H17N3O3S. The molecule has 7 heteroatoms. The molecule has 0 aliphatic carbocycles. The van der Waals surface area contributed by atoms with Crippen molar-refractivity contribution in [3.8, 4) is 10.8 Å². The molecule has 0 fully saturated rings. The molecule has 2 aromatic heterocycles. The largest absolute Gasteiger partial charge is 0.449 e. The minimum Gasteiger partial charge on any atom is -0.449 e. The van der Waals surface area contributed by atoms with Crippen LogP contribution in [0.1, 0.15) is 29.3 Å². The highest BCUT2D eigenvalue weighted by molar-refractivity contribution is 7.13. The molecule has 0 bridgehead atoms. The van der Waals surface area contributed by atoms with E-state index < -0.39 is 12.1 Å². The minimum absolute atomic E-state index is 0.255. The average Bonchev–Trinajstić information content (AvgIpc) is 3.41. The Morgan fingerprint density at radius 3 is 2.61 bits per heavy atom. The summed E-state index contributed by atoms with van der Waals surface area (Å²) in [5.74, 6) is 0.201. The highest BCUT2D eigenvalue weighted by atomic mass is 32.1. The van der Waals surface area contributed by atoms with Crippen molar-refractivity contribution in [3.63, 3.8) is 0 Å². The fraction of sp³-hybridized carbons (Fsp3) is 0.0952. The van der Waals surface area contributed by atoms with Crippen molar-refractivity contribution in [1.29, 1.82) is 0 Å². The number of carbonyl (C=O) groups excluding carboxylic acids is 1. The Hall–Kier alpha value is -3.45. The van der Waals surface area contributed by atoms with Gasteiger partial charge in [0, 0.05) is 5.69 Å². The lowest BCUT2D eigenvalue weighted by molar-refractivity contribution is 0.0281. The van der Waals surface area contributed by atoms with Gasteiger partial charge in [-0.15, -0.1) is 21.5 Å². The van der Waals surface area contributed by atoms with Crippen molar-refractivity contribution in [2.75, 3.05) is 5.32 Å². The molecule has 6 nitrogen and oxygen atoms in total. The summed E-state index contributed by atoms with van der Waals surface area (Å²) in [7, 11) is 0. The van der Waals surface area contributed by atoms with E-state index >= 15 is 0 Å². The molecule has 4 aromatic rings. The number of nitrogens with zero attached hydrogens (tertiary/aromatic N) is 2. The summed E-state index contributed by atoms with van der Waals surface area (Å²) >= 11 is 1.50. The monoisotopic (exact) mass is 391 g/mol. The van der Waals surface area contributed by atoms with Crippen LogP contribution >= 0.6 is 11.3 Å². The predicted octanol–water partition coefficient (Wildman–Crippen LogP) is 5.46. The van der Waals surface area contributed by atoms with Crippen LogP contribution in [0.15, 0.2) is 76.5 Å². The SMILES string of the molecule is C[C@@H](OC(=O)c1ccccc1Nc1ccccc1)c1nnc(-c2cccs2)o1. The van der Waals surface area contributed by atoms with E-state index in [2.05, 4.69) is 15.5 Å². The second-order valence-corrected chi connectivity index (χ2v) is 6.95. The van der Waals surface area contributed by atoms with Crippen LogP contribution < -0.4 is 5.32 Å². The zero-order chi connectivity index (χ0) is 19.3. The van der Waals surface area contributed by atoms with Crippen molar-refractivity contribution >= 4 is 28.7 Å². The summed E-state index contributed by atoms with van der Waals surface area (Å²) in [6.45, 7) is 1.71. The lowest BCUT2D eigenvalue weighted by Crippen LogP contribution is -2.11. The Kier molecular flexibility index (Phi) is 5.16. The quantitative estimate of drug-likeness (QED) is 0.440. The topological polar surface area (TPSA) is 77.2 Å². The summed E-state index contributed by atoms with van der Waals surface area (Å²) in [5.41, 5.74) is 1.97. The molecule has 0 saturated heterocycles. The zero-order valence-corrected chi connectivity index (χ0v) is 15.8. The van der Waals surface area contributed by atoms with Gasteiger partial charge in [-0.25, -0.2) is 4.79 Å². The van der Waals surface area contributed by atoms with Gasteiger partial charge in [-0.2, -0.15) is 0 Å². The number of rotatable bonds is 6. The number of hydrogen-bond acceptors (Lipinski definition) is 7. The Balaban J connectivity index is 1.49. The van der Waals surface area contributed by atoms with E-state index in [9.17, 15) is 4.79 Å². The van der Waals surface area contributed by atoms with Crippen molar-refractivity contribution in [2.24, 2.45) is 0 Å². The Labute approximate surface area is 165 Å². The fourth-order valence-corrected chi connectivity index (χ4v) is 3.26. The van der Waals surface area contributed by atoms with Crippen LogP contribution in [0.3, 0.4) is 0 Å². The fourth-order valence-electron chi connectivity index (χ4n) is 2.62. The molecule has 0 spiro atoms. The van der Waals surface area contributed by atoms with E-state index in [-0.39, 0.29) is 5.89 Å². The molecular weight excluding hydrogens is 374 g/mol. The van der Waals surface area contributed by atoms with Gasteiger partial charge in [-0.3, -0.25) is 0 Å². The molecule has 0 aliphatic rings. The number of carbonyl (C=O) groups is 1. The van der Waals surface area contributed by atoms with Crippen molar-refractivity contribution < 1.29 is 13.9 Å². The van der Waals surface area contributed by atoms with Gasteiger partial charge >= 0.3 is 5.97 Å². The Bertz CT molecular complexity index is 1060. The number of benzene rings is 2. The normalized spacial score (nSPS) is 11.8. The Morgan fingerprint density at radius 2 is 1.82 bits per heavy atom. The van der Waals surface area contributed by atoms with E-state index in [4.69, 9.17) is 9.15 Å². The number of aromatic nitrogens is 2. The van der Waals surface area contributed by atoms with Crippen LogP contribution in [0.4, 0.5) is 11.4 Å². The van der Waals surface area contributed by atoms with E-state index in [1.165, 1.54) is 11.3 Å². The first-order chi connectivity index (χ1) is 13.7. The van der Waals surface area contributed by atoms with Gasteiger partial charge < -0.3 is 14.5 Å². The molecule has 0 saturated carbocycles. The van der Waals surface area contributed by atoms with E-state index in [1.807, 2.05) is 60.0 Å². The van der Waals surface area contributed by atoms with Crippen molar-refractivity contribution in [2.45, 2.75) is 13.0 Å². The third-order valence-corrected chi connectivity index (χ3v) is 4.86. The summed E-state index contributed by atoms with van der Waals surface area (Å²) < 4.78 is 11.2. The second kappa shape index (κ2) is 8.06. The first-order valence-corrected chi connectivity index (χ1v) is 9.58. The van der Waals surface area contributed by atoms with Gasteiger partial charge in [0.15, 0.2) is 6.10 Å². The molecule has 0 aliphatic heterocycles. The molecule has 4 rings (SSSR count). The summed E-state index contributed by atoms with van der Waals surface area (Å²) in [6.07, 6.45) is -0.668. The lowest BCUT2D eigenvalue weighted by Gasteiger charge is -2.13. The molecule has 0 amide bonds. The van der Waals surface area contributed by atoms with Crippen LogP contribution in [0, 0.1) is 0 Å². The highest BCUT2D eigenvalue weighted by Crippen LogP contribution is 2.27. The molecule has 1 N–H and O–H groups in total. The number of para-hydroxylation sites is 2. The average molecular weight is 391 g/mol. The molecule has 1 atom stereocenters. The first kappa shape index (κ1) is 17.9. The summed E-state index contributed by atoms with van der Waals surface area (Å²) in [4.78, 5) is 13.6. The van der Waals surface area contributed by atoms with Gasteiger partial charge in [0.05, 0.1) is 16.1 Å². The van der Waals surface area contributed by atoms with Gasteiger partial charge in [0.25, 0.3) is 11.8 Å². The first-order valence-electron chi connectivity index (χ1n) is 8.70. The number of thiophene rings is 1. The highest BCUT2D eigenvalue weighted by Gasteiger charge is 2.21. The summed E-state index contributed by atoms with van der Waals surface area (Å²) in [6, 6.07) is 20.6. The summed E-state index contributed by atoms with van der Waals surface area (Å²) in [5, 5.41) is 13.2. The number of nitrogens with one attached hydrogen (secondary N) is 1. The third-order valence-electron chi connectivity index (χ3n) is 4.00. The number of esters is 1. The van der Waals surface area contributed by atoms with Gasteiger partial charge in [0.1, 0.15) is 0 Å². The maximum atomic E-state index is 12.7. The number of ether oxygens (including phenoxy) is 1. The van der Waals surface area contributed by atoms with Gasteiger partial charge in [-0.05, 0) is 42.6 Å². The molecule has 0 radical (unpaired) electrons. The van der Waals surface area contributed by atoms with E-state index in [1.54, 1.807) is 19.1 Å². The van der Waals surface area contributed by atoms with Crippen LogP contribution in [0.2, 0.25) is 0 Å². The predicted molar refractivity (Wildman–Crippen MR) is 108 cm³/mol. The molecule has 2 heterocycles. The van der Waals surface area contributed by atoms with E-state index in [0.29, 0.717) is 17.1 Å². The van der Waals surface area contributed by atoms with Crippen LogP contribution in [-0.4, -0.2) is 16.2 Å². The number of hydrogen-bond donors (Lipinski definition) is 1. The van der Waals surface area contributed by atoms with Crippen molar-refractivity contribution in [1.82, 2.24) is 10.2 Å². The van der Waals surface area contributed by atoms with E-state index in [0.717, 1.165) is 10.6 Å². The van der Waals surface area contributed by atoms with Gasteiger partial charge in [0.2, 0.25) is 0 Å². The Morgan fingerprint density at radius 1 is 1.04 bits per heavy atom. The third kappa shape index (κ3) is 3.94. The lowest BCUT2D eigenvalue weighted by atomic mass is 10.1. The van der Waals surface area contributed by atoms with Crippen LogP contribution in [0.5, 0.6) is 0 Å². The smallest absolute Gasteiger partial charge is 0.341 e. The molecule has 0 unspecified atom stereocenters. The van der Waals surface area contributed by atoms with Crippen LogP contribution in [-0.2, 0) is 4.74 Å². The molecule has 28 heavy (non-hydrogen) atoms. The number of anilines is 2. The molecule has 2 aromatic carbocycles. The van der Waals surface area contributed by atoms with Crippen molar-refractivity contribution in [3.05, 3.63) is 83.6 Å². The maximum Gasteiger partial charge on any atom is 0.341 e. The van der Waals surface area contributed by atoms with Gasteiger partial charge in [-0.1, -0.05) is 36.4 Å². The standard InChI is InChI=1S/C21H17N3O3S/c1-14(19-23-24-20(27-19)18-12-7-13-28-18)26-21(25)16-10-5-6-11-17(16)22-15-8-3-2-4-9-15/h2-14,22H,1H3/t14-/m1/s1. The minimum atomic E-state index is -0.668. The maximum absolute atomic E-state index is 12.7. The zero-order valence-electron chi connectivity index (χ0n) is 15.0. The van der Waals surface area contributed by atoms with Crippen LogP contribution in [0.25, 0.3) is 10.8 Å².